The van der Waals surface area contributed by atoms with Crippen molar-refractivity contribution in [3.63, 3.8) is 0 Å². The Morgan fingerprint density at radius 2 is 2.00 bits per heavy atom. The highest BCUT2D eigenvalue weighted by Crippen LogP contribution is 2.29. The summed E-state index contributed by atoms with van der Waals surface area (Å²) in [6.45, 7) is 6.30. The van der Waals surface area contributed by atoms with Crippen molar-refractivity contribution in [1.82, 2.24) is 14.2 Å². The molecule has 0 radical (unpaired) electrons. The first-order chi connectivity index (χ1) is 11.6. The van der Waals surface area contributed by atoms with E-state index in [1.54, 1.807) is 11.9 Å². The SMILES string of the molecule is C=CC(=O)N(C)CC(=O)N1CCN(c2nsc3ccccc23)CC1. The fourth-order valence-corrected chi connectivity index (χ4v) is 3.60. The summed E-state index contributed by atoms with van der Waals surface area (Å²) >= 11 is 1.50. The number of rotatable bonds is 4. The van der Waals surface area contributed by atoms with Gasteiger partial charge in [-0.15, -0.1) is 0 Å². The molecule has 1 aromatic carbocycles. The van der Waals surface area contributed by atoms with Crippen LogP contribution >= 0.6 is 11.5 Å². The molecule has 1 aliphatic heterocycles. The molecule has 6 nitrogen and oxygen atoms in total. The van der Waals surface area contributed by atoms with Crippen LogP contribution in [0.3, 0.4) is 0 Å². The molecule has 1 aromatic heterocycles. The zero-order chi connectivity index (χ0) is 17.1. The van der Waals surface area contributed by atoms with Gasteiger partial charge in [0.15, 0.2) is 0 Å². The molecular formula is C17H20N4O2S. The molecule has 2 aromatic rings. The van der Waals surface area contributed by atoms with Gasteiger partial charge >= 0.3 is 0 Å². The summed E-state index contributed by atoms with van der Waals surface area (Å²) in [6, 6.07) is 8.19. The Morgan fingerprint density at radius 1 is 1.29 bits per heavy atom. The second-order valence-electron chi connectivity index (χ2n) is 5.77. The van der Waals surface area contributed by atoms with Gasteiger partial charge < -0.3 is 14.7 Å². The Labute approximate surface area is 145 Å². The van der Waals surface area contributed by atoms with Crippen LogP contribution in [0, 0.1) is 0 Å². The molecule has 0 N–H and O–H groups in total. The Hall–Kier alpha value is -2.41. The molecule has 126 valence electrons. The van der Waals surface area contributed by atoms with Gasteiger partial charge in [-0.1, -0.05) is 18.7 Å². The largest absolute Gasteiger partial charge is 0.352 e. The summed E-state index contributed by atoms with van der Waals surface area (Å²) in [7, 11) is 1.61. The minimum Gasteiger partial charge on any atom is -0.352 e. The molecule has 0 bridgehead atoms. The minimum absolute atomic E-state index is 0.0320. The number of amides is 2. The van der Waals surface area contributed by atoms with E-state index >= 15 is 0 Å². The third-order valence-electron chi connectivity index (χ3n) is 4.21. The lowest BCUT2D eigenvalue weighted by atomic mass is 10.2. The van der Waals surface area contributed by atoms with Gasteiger partial charge in [-0.2, -0.15) is 4.37 Å². The second kappa shape index (κ2) is 7.00. The summed E-state index contributed by atoms with van der Waals surface area (Å²) in [4.78, 5) is 29.2. The Kier molecular flexibility index (Phi) is 4.80. The zero-order valence-electron chi connectivity index (χ0n) is 13.6. The molecule has 0 unspecified atom stereocenters. The number of likely N-dealkylation sites (N-methyl/N-ethyl adjacent to an activating group) is 1. The first kappa shape index (κ1) is 16.4. The molecule has 3 rings (SSSR count). The van der Waals surface area contributed by atoms with Crippen molar-refractivity contribution in [1.29, 1.82) is 0 Å². The number of anilines is 1. The fourth-order valence-electron chi connectivity index (χ4n) is 2.80. The molecule has 0 saturated carbocycles. The molecule has 0 aliphatic carbocycles. The van der Waals surface area contributed by atoms with Crippen LogP contribution in [0.25, 0.3) is 10.1 Å². The number of nitrogens with zero attached hydrogens (tertiary/aromatic N) is 4. The molecule has 0 spiro atoms. The maximum atomic E-state index is 12.3. The van der Waals surface area contributed by atoms with Crippen molar-refractivity contribution in [2.75, 3.05) is 44.7 Å². The number of aromatic nitrogens is 1. The predicted molar refractivity (Wildman–Crippen MR) is 96.2 cm³/mol. The van der Waals surface area contributed by atoms with Crippen LogP contribution < -0.4 is 4.90 Å². The quantitative estimate of drug-likeness (QED) is 0.791. The predicted octanol–water partition coefficient (Wildman–Crippen LogP) is 1.59. The van der Waals surface area contributed by atoms with Gasteiger partial charge in [0.1, 0.15) is 5.82 Å². The summed E-state index contributed by atoms with van der Waals surface area (Å²) < 4.78 is 5.75. The van der Waals surface area contributed by atoms with Crippen molar-refractivity contribution >= 4 is 39.3 Å². The van der Waals surface area contributed by atoms with Gasteiger partial charge in [-0.3, -0.25) is 9.59 Å². The van der Waals surface area contributed by atoms with E-state index in [1.807, 2.05) is 12.1 Å². The Balaban J connectivity index is 1.60. The summed E-state index contributed by atoms with van der Waals surface area (Å²) in [5, 5.41) is 1.17. The van der Waals surface area contributed by atoms with Crippen molar-refractivity contribution in [2.45, 2.75) is 0 Å². The van der Waals surface area contributed by atoms with Crippen molar-refractivity contribution in [3.05, 3.63) is 36.9 Å². The molecule has 24 heavy (non-hydrogen) atoms. The normalized spacial score (nSPS) is 14.7. The number of hydrogen-bond donors (Lipinski definition) is 0. The van der Waals surface area contributed by atoms with E-state index in [0.717, 1.165) is 18.9 Å². The number of hydrogen-bond acceptors (Lipinski definition) is 5. The van der Waals surface area contributed by atoms with Crippen LogP contribution in [0.1, 0.15) is 0 Å². The van der Waals surface area contributed by atoms with E-state index in [-0.39, 0.29) is 18.4 Å². The number of fused-ring (bicyclic) bond motifs is 1. The lowest BCUT2D eigenvalue weighted by Gasteiger charge is -2.35. The van der Waals surface area contributed by atoms with Crippen molar-refractivity contribution < 1.29 is 9.59 Å². The molecule has 2 heterocycles. The van der Waals surface area contributed by atoms with Gasteiger partial charge in [-0.25, -0.2) is 0 Å². The average molecular weight is 344 g/mol. The standard InChI is InChI=1S/C17H20N4O2S/c1-3-15(22)19(2)12-16(23)20-8-10-21(11-9-20)17-13-6-4-5-7-14(13)24-18-17/h3-7H,1,8-12H2,2H3. The van der Waals surface area contributed by atoms with Gasteiger partial charge in [0, 0.05) is 38.6 Å². The second-order valence-corrected chi connectivity index (χ2v) is 6.57. The summed E-state index contributed by atoms with van der Waals surface area (Å²) in [5.74, 6) is 0.730. The van der Waals surface area contributed by atoms with Gasteiger partial charge in [0.25, 0.3) is 0 Å². The van der Waals surface area contributed by atoms with Crippen LogP contribution in [0.4, 0.5) is 5.82 Å². The van der Waals surface area contributed by atoms with Crippen LogP contribution in [0.2, 0.25) is 0 Å². The fraction of sp³-hybridized carbons (Fsp3) is 0.353. The van der Waals surface area contributed by atoms with E-state index < -0.39 is 0 Å². The number of benzene rings is 1. The average Bonchev–Trinajstić information content (AvgIpc) is 3.05. The van der Waals surface area contributed by atoms with Crippen molar-refractivity contribution in [3.8, 4) is 0 Å². The van der Waals surface area contributed by atoms with Gasteiger partial charge in [0.2, 0.25) is 11.8 Å². The van der Waals surface area contributed by atoms with Crippen LogP contribution in [-0.2, 0) is 9.59 Å². The number of carbonyl (C=O) groups is 2. The molecule has 1 fully saturated rings. The van der Waals surface area contributed by atoms with E-state index in [0.29, 0.717) is 13.1 Å². The van der Waals surface area contributed by atoms with Gasteiger partial charge in [-0.05, 0) is 29.7 Å². The maximum Gasteiger partial charge on any atom is 0.246 e. The van der Waals surface area contributed by atoms with E-state index in [2.05, 4.69) is 28.0 Å². The molecule has 1 saturated heterocycles. The third-order valence-corrected chi connectivity index (χ3v) is 5.03. The lowest BCUT2D eigenvalue weighted by Crippen LogP contribution is -2.51. The van der Waals surface area contributed by atoms with E-state index in [4.69, 9.17) is 0 Å². The Morgan fingerprint density at radius 3 is 2.71 bits per heavy atom. The number of carbonyl (C=O) groups excluding carboxylic acids is 2. The molecule has 7 heteroatoms. The highest BCUT2D eigenvalue weighted by atomic mass is 32.1. The summed E-state index contributed by atoms with van der Waals surface area (Å²) in [6.07, 6.45) is 1.22. The minimum atomic E-state index is -0.240. The monoisotopic (exact) mass is 344 g/mol. The van der Waals surface area contributed by atoms with Crippen molar-refractivity contribution in [2.24, 2.45) is 0 Å². The first-order valence-corrected chi connectivity index (χ1v) is 8.62. The van der Waals surface area contributed by atoms with E-state index in [1.165, 1.54) is 32.6 Å². The molecule has 2 amide bonds. The highest BCUT2D eigenvalue weighted by Gasteiger charge is 2.24. The smallest absolute Gasteiger partial charge is 0.246 e. The van der Waals surface area contributed by atoms with Gasteiger partial charge in [0.05, 0.1) is 11.2 Å². The number of piperazine rings is 1. The van der Waals surface area contributed by atoms with E-state index in [9.17, 15) is 9.59 Å². The van der Waals surface area contributed by atoms with Crippen LogP contribution in [0.5, 0.6) is 0 Å². The molecule has 0 atom stereocenters. The zero-order valence-corrected chi connectivity index (χ0v) is 14.5. The van der Waals surface area contributed by atoms with Crippen LogP contribution in [-0.4, -0.2) is 65.8 Å². The first-order valence-electron chi connectivity index (χ1n) is 7.85. The molecular weight excluding hydrogens is 324 g/mol. The highest BCUT2D eigenvalue weighted by molar-refractivity contribution is 7.13. The maximum absolute atomic E-state index is 12.3. The van der Waals surface area contributed by atoms with Crippen LogP contribution in [0.15, 0.2) is 36.9 Å². The third kappa shape index (κ3) is 3.26. The lowest BCUT2D eigenvalue weighted by molar-refractivity contribution is -0.137. The molecule has 1 aliphatic rings. The Bertz CT molecular complexity index is 765. The summed E-state index contributed by atoms with van der Waals surface area (Å²) in [5.41, 5.74) is 0. The topological polar surface area (TPSA) is 56.8 Å².